The molecule has 0 amide bonds. The number of hydrogen-bond donors (Lipinski definition) is 1. The average molecular weight is 248 g/mol. The minimum atomic E-state index is -0.296. The second kappa shape index (κ2) is 6.91. The van der Waals surface area contributed by atoms with E-state index in [9.17, 15) is 5.11 Å². The van der Waals surface area contributed by atoms with Crippen molar-refractivity contribution in [1.82, 2.24) is 0 Å². The quantitative estimate of drug-likeness (QED) is 0.863. The zero-order valence-corrected chi connectivity index (χ0v) is 11.2. The van der Waals surface area contributed by atoms with Gasteiger partial charge in [0.25, 0.3) is 0 Å². The van der Waals surface area contributed by atoms with Crippen LogP contribution in [-0.2, 0) is 4.74 Å². The molecule has 1 aromatic rings. The minimum Gasteiger partial charge on any atom is -0.388 e. The third kappa shape index (κ3) is 3.82. The fraction of sp³-hybridized carbons (Fsp3) is 0.625. The maximum atomic E-state index is 10.2. The third-order valence-electron chi connectivity index (χ3n) is 4.11. The van der Waals surface area contributed by atoms with E-state index in [1.807, 2.05) is 30.3 Å². The molecule has 2 heteroatoms. The summed E-state index contributed by atoms with van der Waals surface area (Å²) in [6, 6.07) is 10.0. The standard InChI is InChI=1S/C16H24O2/c1-18-12-14-9-7-13(8-10-14)11-16(17)15-5-3-2-4-6-15/h2-6,13-14,16-17H,7-12H2,1H3. The Hall–Kier alpha value is -0.860. The molecule has 1 saturated carbocycles. The molecule has 1 aliphatic carbocycles. The predicted molar refractivity (Wildman–Crippen MR) is 73.3 cm³/mol. The van der Waals surface area contributed by atoms with Crippen molar-refractivity contribution >= 4 is 0 Å². The molecule has 1 atom stereocenters. The van der Waals surface area contributed by atoms with Gasteiger partial charge in [0.15, 0.2) is 0 Å². The Balaban J connectivity index is 1.78. The van der Waals surface area contributed by atoms with Gasteiger partial charge in [-0.05, 0) is 49.5 Å². The van der Waals surface area contributed by atoms with E-state index in [0.29, 0.717) is 5.92 Å². The lowest BCUT2D eigenvalue weighted by Gasteiger charge is -2.29. The largest absolute Gasteiger partial charge is 0.388 e. The lowest BCUT2D eigenvalue weighted by molar-refractivity contribution is 0.0935. The van der Waals surface area contributed by atoms with Crippen LogP contribution in [0.15, 0.2) is 30.3 Å². The fourth-order valence-corrected chi connectivity index (χ4v) is 3.00. The normalized spacial score (nSPS) is 25.9. The Morgan fingerprint density at radius 3 is 2.33 bits per heavy atom. The summed E-state index contributed by atoms with van der Waals surface area (Å²) < 4.78 is 5.22. The van der Waals surface area contributed by atoms with Gasteiger partial charge < -0.3 is 9.84 Å². The number of benzene rings is 1. The summed E-state index contributed by atoms with van der Waals surface area (Å²) >= 11 is 0. The molecule has 0 aliphatic heterocycles. The lowest BCUT2D eigenvalue weighted by atomic mass is 9.79. The van der Waals surface area contributed by atoms with Crippen LogP contribution in [-0.4, -0.2) is 18.8 Å². The van der Waals surface area contributed by atoms with Crippen molar-refractivity contribution in [2.75, 3.05) is 13.7 Å². The fourth-order valence-electron chi connectivity index (χ4n) is 3.00. The highest BCUT2D eigenvalue weighted by atomic mass is 16.5. The molecule has 1 N–H and O–H groups in total. The van der Waals surface area contributed by atoms with Crippen molar-refractivity contribution in [1.29, 1.82) is 0 Å². The van der Waals surface area contributed by atoms with Crippen molar-refractivity contribution in [3.05, 3.63) is 35.9 Å². The van der Waals surface area contributed by atoms with Gasteiger partial charge in [-0.25, -0.2) is 0 Å². The Morgan fingerprint density at radius 2 is 1.72 bits per heavy atom. The number of rotatable bonds is 5. The number of aliphatic hydroxyl groups is 1. The molecular weight excluding hydrogens is 224 g/mol. The molecule has 0 radical (unpaired) electrons. The second-order valence-electron chi connectivity index (χ2n) is 5.50. The Labute approximate surface area is 110 Å². The molecule has 0 bridgehead atoms. The zero-order chi connectivity index (χ0) is 12.8. The molecule has 18 heavy (non-hydrogen) atoms. The van der Waals surface area contributed by atoms with Crippen molar-refractivity contribution in [3.8, 4) is 0 Å². The molecule has 2 nitrogen and oxygen atoms in total. The predicted octanol–water partition coefficient (Wildman–Crippen LogP) is 3.56. The maximum absolute atomic E-state index is 10.2. The molecule has 0 saturated heterocycles. The van der Waals surface area contributed by atoms with E-state index >= 15 is 0 Å². The summed E-state index contributed by atoms with van der Waals surface area (Å²) in [5, 5.41) is 10.2. The SMILES string of the molecule is COCC1CCC(CC(O)c2ccccc2)CC1. The van der Waals surface area contributed by atoms with Gasteiger partial charge in [0.05, 0.1) is 6.10 Å². The summed E-state index contributed by atoms with van der Waals surface area (Å²) in [5.74, 6) is 1.41. The van der Waals surface area contributed by atoms with Crippen LogP contribution in [0.25, 0.3) is 0 Å². The van der Waals surface area contributed by atoms with Crippen molar-refractivity contribution in [2.24, 2.45) is 11.8 Å². The Morgan fingerprint density at radius 1 is 1.11 bits per heavy atom. The monoisotopic (exact) mass is 248 g/mol. The van der Waals surface area contributed by atoms with Gasteiger partial charge in [0.1, 0.15) is 0 Å². The first-order valence-corrected chi connectivity index (χ1v) is 7.01. The van der Waals surface area contributed by atoms with Crippen molar-refractivity contribution < 1.29 is 9.84 Å². The van der Waals surface area contributed by atoms with Crippen LogP contribution in [0.2, 0.25) is 0 Å². The van der Waals surface area contributed by atoms with Gasteiger partial charge in [0, 0.05) is 13.7 Å². The van der Waals surface area contributed by atoms with Crippen LogP contribution < -0.4 is 0 Å². The van der Waals surface area contributed by atoms with E-state index in [4.69, 9.17) is 4.74 Å². The van der Waals surface area contributed by atoms with Gasteiger partial charge in [-0.1, -0.05) is 30.3 Å². The first kappa shape index (κ1) is 13.6. The lowest BCUT2D eigenvalue weighted by Crippen LogP contribution is -2.19. The van der Waals surface area contributed by atoms with Crippen molar-refractivity contribution in [2.45, 2.75) is 38.2 Å². The van der Waals surface area contributed by atoms with Gasteiger partial charge >= 0.3 is 0 Å². The third-order valence-corrected chi connectivity index (χ3v) is 4.11. The highest BCUT2D eigenvalue weighted by Gasteiger charge is 2.23. The molecule has 0 aromatic heterocycles. The Kier molecular flexibility index (Phi) is 5.21. The molecule has 1 aliphatic rings. The molecule has 0 heterocycles. The van der Waals surface area contributed by atoms with Crippen LogP contribution in [0.1, 0.15) is 43.8 Å². The summed E-state index contributed by atoms with van der Waals surface area (Å²) in [6.07, 6.45) is 5.58. The first-order chi connectivity index (χ1) is 8.79. The molecule has 1 aromatic carbocycles. The smallest absolute Gasteiger partial charge is 0.0792 e. The van der Waals surface area contributed by atoms with Crippen LogP contribution in [0.3, 0.4) is 0 Å². The van der Waals surface area contributed by atoms with E-state index < -0.39 is 0 Å². The van der Waals surface area contributed by atoms with E-state index in [1.165, 1.54) is 25.7 Å². The van der Waals surface area contributed by atoms with Crippen LogP contribution >= 0.6 is 0 Å². The number of ether oxygens (including phenoxy) is 1. The van der Waals surface area contributed by atoms with Gasteiger partial charge in [-0.2, -0.15) is 0 Å². The van der Waals surface area contributed by atoms with E-state index in [-0.39, 0.29) is 6.10 Å². The highest BCUT2D eigenvalue weighted by molar-refractivity contribution is 5.17. The number of methoxy groups -OCH3 is 1. The van der Waals surface area contributed by atoms with E-state index in [1.54, 1.807) is 7.11 Å². The molecule has 1 fully saturated rings. The maximum Gasteiger partial charge on any atom is 0.0792 e. The summed E-state index contributed by atoms with van der Waals surface area (Å²) in [5.41, 5.74) is 1.05. The molecule has 1 unspecified atom stereocenters. The van der Waals surface area contributed by atoms with Crippen LogP contribution in [0, 0.1) is 11.8 Å². The van der Waals surface area contributed by atoms with Crippen LogP contribution in [0.5, 0.6) is 0 Å². The number of hydrogen-bond acceptors (Lipinski definition) is 2. The topological polar surface area (TPSA) is 29.5 Å². The van der Waals surface area contributed by atoms with E-state index in [2.05, 4.69) is 0 Å². The average Bonchev–Trinajstić information content (AvgIpc) is 2.42. The minimum absolute atomic E-state index is 0.296. The van der Waals surface area contributed by atoms with Gasteiger partial charge in [0.2, 0.25) is 0 Å². The second-order valence-corrected chi connectivity index (χ2v) is 5.50. The van der Waals surface area contributed by atoms with E-state index in [0.717, 1.165) is 24.5 Å². The molecule has 100 valence electrons. The Bertz CT molecular complexity index is 328. The molecule has 2 rings (SSSR count). The highest BCUT2D eigenvalue weighted by Crippen LogP contribution is 2.34. The van der Waals surface area contributed by atoms with Gasteiger partial charge in [-0.3, -0.25) is 0 Å². The molecule has 0 spiro atoms. The number of aliphatic hydroxyl groups excluding tert-OH is 1. The van der Waals surface area contributed by atoms with Gasteiger partial charge in [-0.15, -0.1) is 0 Å². The molecular formula is C16H24O2. The zero-order valence-electron chi connectivity index (χ0n) is 11.2. The first-order valence-electron chi connectivity index (χ1n) is 7.01. The van der Waals surface area contributed by atoms with Crippen LogP contribution in [0.4, 0.5) is 0 Å². The summed E-state index contributed by atoms with van der Waals surface area (Å²) in [7, 11) is 1.78. The summed E-state index contributed by atoms with van der Waals surface area (Å²) in [4.78, 5) is 0. The summed E-state index contributed by atoms with van der Waals surface area (Å²) in [6.45, 7) is 0.897. The van der Waals surface area contributed by atoms with Crippen molar-refractivity contribution in [3.63, 3.8) is 0 Å².